The fraction of sp³-hybridized carbons (Fsp3) is 0.179. The molecule has 0 aliphatic rings. The number of nitrogens with zero attached hydrogens (tertiary/aromatic N) is 1. The number of carbonyl (C=O) groups is 2. The van der Waals surface area contributed by atoms with Crippen molar-refractivity contribution < 1.29 is 19.1 Å². The second kappa shape index (κ2) is 12.4. The normalized spacial score (nSPS) is 11.4. The summed E-state index contributed by atoms with van der Waals surface area (Å²) in [6.45, 7) is 1.97. The van der Waals surface area contributed by atoms with Gasteiger partial charge in [-0.25, -0.2) is 4.98 Å². The van der Waals surface area contributed by atoms with Crippen LogP contribution < -0.4 is 20.1 Å². The smallest absolute Gasteiger partial charge is 0.255 e. The van der Waals surface area contributed by atoms with Gasteiger partial charge in [0.15, 0.2) is 5.13 Å². The summed E-state index contributed by atoms with van der Waals surface area (Å²) in [4.78, 5) is 31.1. The number of methoxy groups -OCH3 is 2. The Morgan fingerprint density at radius 1 is 0.946 bits per heavy atom. The Kier molecular flexibility index (Phi) is 8.81. The summed E-state index contributed by atoms with van der Waals surface area (Å²) >= 11 is 2.83. The highest BCUT2D eigenvalue weighted by Crippen LogP contribution is 2.30. The highest BCUT2D eigenvalue weighted by atomic mass is 32.2. The van der Waals surface area contributed by atoms with Crippen molar-refractivity contribution in [2.45, 2.75) is 23.5 Å². The number of carbonyl (C=O) groups excluding carboxylic acids is 2. The zero-order valence-corrected chi connectivity index (χ0v) is 22.3. The molecule has 0 fully saturated rings. The fourth-order valence-electron chi connectivity index (χ4n) is 3.51. The molecule has 7 nitrogen and oxygen atoms in total. The van der Waals surface area contributed by atoms with Gasteiger partial charge in [0.25, 0.3) is 5.91 Å². The minimum Gasteiger partial charge on any atom is -0.497 e. The van der Waals surface area contributed by atoms with E-state index in [1.807, 2.05) is 60.8 Å². The molecule has 3 aromatic carbocycles. The van der Waals surface area contributed by atoms with E-state index >= 15 is 0 Å². The van der Waals surface area contributed by atoms with E-state index in [4.69, 9.17) is 9.47 Å². The maximum Gasteiger partial charge on any atom is 0.255 e. The summed E-state index contributed by atoms with van der Waals surface area (Å²) in [5, 5.41) is 8.00. The van der Waals surface area contributed by atoms with Crippen molar-refractivity contribution in [2.24, 2.45) is 0 Å². The third-order valence-electron chi connectivity index (χ3n) is 5.49. The second-order valence-corrected chi connectivity index (χ2v) is 10.1. The summed E-state index contributed by atoms with van der Waals surface area (Å²) in [5.74, 6) is 1.04. The van der Waals surface area contributed by atoms with E-state index in [1.165, 1.54) is 23.1 Å². The van der Waals surface area contributed by atoms with Crippen LogP contribution in [0.15, 0.2) is 83.1 Å². The Morgan fingerprint density at radius 3 is 2.43 bits per heavy atom. The minimum absolute atomic E-state index is 0.117. The molecule has 1 atom stereocenters. The van der Waals surface area contributed by atoms with Gasteiger partial charge in [-0.2, -0.15) is 0 Å². The largest absolute Gasteiger partial charge is 0.497 e. The monoisotopic (exact) mass is 533 g/mol. The van der Waals surface area contributed by atoms with Crippen molar-refractivity contribution in [3.05, 3.63) is 83.7 Å². The van der Waals surface area contributed by atoms with Gasteiger partial charge in [0, 0.05) is 27.1 Å². The van der Waals surface area contributed by atoms with E-state index in [1.54, 1.807) is 38.5 Å². The average molecular weight is 534 g/mol. The lowest BCUT2D eigenvalue weighted by atomic mass is 10.2. The van der Waals surface area contributed by atoms with Crippen LogP contribution in [-0.4, -0.2) is 36.3 Å². The zero-order valence-electron chi connectivity index (χ0n) is 20.7. The molecule has 9 heteroatoms. The molecule has 0 bridgehead atoms. The maximum absolute atomic E-state index is 13.0. The lowest BCUT2D eigenvalue weighted by Gasteiger charge is -2.14. The summed E-state index contributed by atoms with van der Waals surface area (Å²) in [5.41, 5.74) is 2.90. The number of amides is 2. The van der Waals surface area contributed by atoms with Crippen molar-refractivity contribution >= 4 is 45.7 Å². The lowest BCUT2D eigenvalue weighted by molar-refractivity contribution is -0.115. The van der Waals surface area contributed by atoms with Crippen molar-refractivity contribution in [1.29, 1.82) is 0 Å². The molecule has 190 valence electrons. The first-order valence-electron chi connectivity index (χ1n) is 11.6. The number of ether oxygens (including phenoxy) is 2. The fourth-order valence-corrected chi connectivity index (χ4v) is 5.25. The quantitative estimate of drug-likeness (QED) is 0.224. The molecule has 4 rings (SSSR count). The molecule has 0 aliphatic heterocycles. The molecule has 0 radical (unpaired) electrons. The first-order chi connectivity index (χ1) is 18.0. The Hall–Kier alpha value is -3.82. The van der Waals surface area contributed by atoms with Gasteiger partial charge in [-0.3, -0.25) is 9.59 Å². The first kappa shape index (κ1) is 26.2. The van der Waals surface area contributed by atoms with E-state index in [-0.39, 0.29) is 17.1 Å². The number of aromatic nitrogens is 1. The van der Waals surface area contributed by atoms with Crippen LogP contribution in [0.5, 0.6) is 11.5 Å². The maximum atomic E-state index is 13.0. The Balaban J connectivity index is 1.38. The van der Waals surface area contributed by atoms with E-state index in [0.717, 1.165) is 21.9 Å². The van der Waals surface area contributed by atoms with Gasteiger partial charge in [-0.05, 0) is 67.1 Å². The van der Waals surface area contributed by atoms with Crippen LogP contribution in [0.3, 0.4) is 0 Å². The number of thioether (sulfide) groups is 1. The Morgan fingerprint density at radius 2 is 1.70 bits per heavy atom. The van der Waals surface area contributed by atoms with Gasteiger partial charge < -0.3 is 20.1 Å². The standard InChI is InChI=1S/C28H27N3O4S2/c1-4-25(27(33)31-28-30-24(17-36-28)18-11-13-21(34-2)14-12-18)37-23-10-6-8-20(16-23)29-26(32)19-7-5-9-22(15-19)35-3/h5-17,25H,4H2,1-3H3,(H,29,32)(H,30,31,33). The number of hydrogen-bond acceptors (Lipinski definition) is 7. The predicted molar refractivity (Wildman–Crippen MR) is 150 cm³/mol. The molecule has 2 N–H and O–H groups in total. The summed E-state index contributed by atoms with van der Waals surface area (Å²) < 4.78 is 10.4. The highest BCUT2D eigenvalue weighted by molar-refractivity contribution is 8.00. The van der Waals surface area contributed by atoms with E-state index in [0.29, 0.717) is 28.6 Å². The molecule has 4 aromatic rings. The van der Waals surface area contributed by atoms with E-state index < -0.39 is 0 Å². The summed E-state index contributed by atoms with van der Waals surface area (Å²) in [6, 6.07) is 22.1. The third-order valence-corrected chi connectivity index (χ3v) is 7.60. The molecule has 2 amide bonds. The second-order valence-electron chi connectivity index (χ2n) is 7.98. The van der Waals surface area contributed by atoms with Crippen molar-refractivity contribution in [3.8, 4) is 22.8 Å². The molecular formula is C28H27N3O4S2. The van der Waals surface area contributed by atoms with Crippen LogP contribution in [0.2, 0.25) is 0 Å². The number of nitrogens with one attached hydrogen (secondary N) is 2. The third kappa shape index (κ3) is 6.90. The molecule has 1 aromatic heterocycles. The van der Waals surface area contributed by atoms with Crippen molar-refractivity contribution in [1.82, 2.24) is 4.98 Å². The van der Waals surface area contributed by atoms with Gasteiger partial charge in [-0.1, -0.05) is 19.1 Å². The minimum atomic E-state index is -0.322. The molecule has 0 spiro atoms. The number of benzene rings is 3. The first-order valence-corrected chi connectivity index (χ1v) is 13.4. The van der Waals surface area contributed by atoms with Gasteiger partial charge in [0.2, 0.25) is 5.91 Å². The van der Waals surface area contributed by atoms with Crippen LogP contribution in [0, 0.1) is 0 Å². The lowest BCUT2D eigenvalue weighted by Crippen LogP contribution is -2.24. The van der Waals surface area contributed by atoms with Gasteiger partial charge in [-0.15, -0.1) is 23.1 Å². The summed E-state index contributed by atoms with van der Waals surface area (Å²) in [6.07, 6.45) is 0.633. The SMILES string of the molecule is CCC(Sc1cccc(NC(=O)c2cccc(OC)c2)c1)C(=O)Nc1nc(-c2ccc(OC)cc2)cs1. The molecule has 37 heavy (non-hydrogen) atoms. The number of rotatable bonds is 10. The topological polar surface area (TPSA) is 89.5 Å². The number of anilines is 2. The molecule has 0 saturated heterocycles. The molecular weight excluding hydrogens is 506 g/mol. The van der Waals surface area contributed by atoms with E-state index in [2.05, 4.69) is 15.6 Å². The van der Waals surface area contributed by atoms with Crippen LogP contribution >= 0.6 is 23.1 Å². The molecule has 0 aliphatic carbocycles. The average Bonchev–Trinajstić information content (AvgIpc) is 3.40. The van der Waals surface area contributed by atoms with Gasteiger partial charge >= 0.3 is 0 Å². The van der Waals surface area contributed by atoms with Crippen LogP contribution in [0.25, 0.3) is 11.3 Å². The number of hydrogen-bond donors (Lipinski definition) is 2. The number of thiazole rings is 1. The van der Waals surface area contributed by atoms with Crippen molar-refractivity contribution in [2.75, 3.05) is 24.9 Å². The van der Waals surface area contributed by atoms with Crippen LogP contribution in [-0.2, 0) is 4.79 Å². The van der Waals surface area contributed by atoms with E-state index in [9.17, 15) is 9.59 Å². The van der Waals surface area contributed by atoms with Crippen LogP contribution in [0.1, 0.15) is 23.7 Å². The molecule has 1 heterocycles. The Labute approximate surface area is 224 Å². The van der Waals surface area contributed by atoms with Crippen molar-refractivity contribution in [3.63, 3.8) is 0 Å². The Bertz CT molecular complexity index is 1370. The molecule has 1 unspecified atom stereocenters. The van der Waals surface area contributed by atoms with Gasteiger partial charge in [0.05, 0.1) is 25.2 Å². The zero-order chi connectivity index (χ0) is 26.2. The van der Waals surface area contributed by atoms with Gasteiger partial charge in [0.1, 0.15) is 11.5 Å². The summed E-state index contributed by atoms with van der Waals surface area (Å²) in [7, 11) is 3.19. The molecule has 0 saturated carbocycles. The predicted octanol–water partition coefficient (Wildman–Crippen LogP) is 6.59. The van der Waals surface area contributed by atoms with Crippen LogP contribution in [0.4, 0.5) is 10.8 Å². The highest BCUT2D eigenvalue weighted by Gasteiger charge is 2.20.